The summed E-state index contributed by atoms with van der Waals surface area (Å²) in [6.07, 6.45) is 0. The number of amides is 1. The van der Waals surface area contributed by atoms with E-state index in [1.54, 1.807) is 24.6 Å². The Labute approximate surface area is 177 Å². The van der Waals surface area contributed by atoms with Crippen molar-refractivity contribution >= 4 is 22.5 Å². The second kappa shape index (κ2) is 8.14. The van der Waals surface area contributed by atoms with Crippen LogP contribution in [0.2, 0.25) is 0 Å². The van der Waals surface area contributed by atoms with E-state index in [-0.39, 0.29) is 12.5 Å². The van der Waals surface area contributed by atoms with E-state index in [9.17, 15) is 13.6 Å². The minimum Gasteiger partial charge on any atom is -0.481 e. The summed E-state index contributed by atoms with van der Waals surface area (Å²) in [5.41, 5.74) is 3.50. The topological polar surface area (TPSA) is 69.0 Å². The van der Waals surface area contributed by atoms with Crippen LogP contribution in [0, 0.1) is 25.5 Å². The van der Waals surface area contributed by atoms with Crippen LogP contribution >= 0.6 is 0 Å². The van der Waals surface area contributed by atoms with Crippen LogP contribution in [-0.2, 0) is 6.54 Å². The van der Waals surface area contributed by atoms with Gasteiger partial charge in [-0.05, 0) is 37.6 Å². The third-order valence-electron chi connectivity index (χ3n) is 5.08. The van der Waals surface area contributed by atoms with Gasteiger partial charge in [0.15, 0.2) is 11.6 Å². The highest BCUT2D eigenvalue weighted by Gasteiger charge is 2.18. The highest BCUT2D eigenvalue weighted by atomic mass is 19.2. The molecule has 0 fully saturated rings. The van der Waals surface area contributed by atoms with Gasteiger partial charge in [-0.3, -0.25) is 9.48 Å². The molecule has 0 radical (unpaired) electrons. The molecule has 0 aliphatic carbocycles. The van der Waals surface area contributed by atoms with Gasteiger partial charge in [-0.15, -0.1) is 0 Å². The number of hydrogen-bond acceptors (Lipinski definition) is 4. The average molecular weight is 422 g/mol. The number of benzene rings is 2. The van der Waals surface area contributed by atoms with Crippen molar-refractivity contribution in [3.8, 4) is 5.88 Å². The Hall–Kier alpha value is -3.81. The van der Waals surface area contributed by atoms with Crippen LogP contribution in [0.4, 0.5) is 14.5 Å². The standard InChI is InChI=1S/C23H20F2N4O2/c1-13-22(14(2)29(28-13)12-15-8-9-18(24)19(25)10-15)27-23(30)17-11-21(31-3)26-20-7-5-4-6-16(17)20/h4-11H,12H2,1-3H3,(H,27,30). The quantitative estimate of drug-likeness (QED) is 0.509. The van der Waals surface area contributed by atoms with Gasteiger partial charge in [0.1, 0.15) is 0 Å². The maximum Gasteiger partial charge on any atom is 0.256 e. The van der Waals surface area contributed by atoms with Crippen molar-refractivity contribution in [3.63, 3.8) is 0 Å². The number of ether oxygens (including phenoxy) is 1. The highest BCUT2D eigenvalue weighted by Crippen LogP contribution is 2.26. The van der Waals surface area contributed by atoms with Crippen molar-refractivity contribution < 1.29 is 18.3 Å². The van der Waals surface area contributed by atoms with Crippen LogP contribution in [0.25, 0.3) is 10.9 Å². The Morgan fingerprint density at radius 2 is 1.87 bits per heavy atom. The van der Waals surface area contributed by atoms with Crippen LogP contribution in [0.3, 0.4) is 0 Å². The molecule has 4 rings (SSSR count). The first kappa shape index (κ1) is 20.5. The zero-order chi connectivity index (χ0) is 22.1. The van der Waals surface area contributed by atoms with E-state index in [1.807, 2.05) is 24.3 Å². The predicted octanol–water partition coefficient (Wildman–Crippen LogP) is 4.64. The molecule has 2 aromatic carbocycles. The zero-order valence-corrected chi connectivity index (χ0v) is 17.2. The van der Waals surface area contributed by atoms with E-state index >= 15 is 0 Å². The first-order valence-electron chi connectivity index (χ1n) is 9.60. The number of rotatable bonds is 5. The van der Waals surface area contributed by atoms with Gasteiger partial charge in [0, 0.05) is 11.5 Å². The van der Waals surface area contributed by atoms with E-state index in [4.69, 9.17) is 4.74 Å². The molecule has 1 N–H and O–H groups in total. The molecule has 1 amide bonds. The van der Waals surface area contributed by atoms with Gasteiger partial charge in [0.05, 0.1) is 41.8 Å². The van der Waals surface area contributed by atoms with Crippen LogP contribution in [0.5, 0.6) is 5.88 Å². The lowest BCUT2D eigenvalue weighted by Crippen LogP contribution is -2.14. The Balaban J connectivity index is 1.65. The maximum atomic E-state index is 13.5. The number of aromatic nitrogens is 3. The second-order valence-corrected chi connectivity index (χ2v) is 7.14. The van der Waals surface area contributed by atoms with Crippen molar-refractivity contribution in [1.82, 2.24) is 14.8 Å². The molecule has 0 saturated carbocycles. The molecule has 6 nitrogen and oxygen atoms in total. The second-order valence-electron chi connectivity index (χ2n) is 7.14. The fourth-order valence-electron chi connectivity index (χ4n) is 3.47. The molecule has 8 heteroatoms. The zero-order valence-electron chi connectivity index (χ0n) is 17.2. The van der Waals surface area contributed by atoms with E-state index < -0.39 is 11.6 Å². The van der Waals surface area contributed by atoms with Crippen molar-refractivity contribution in [1.29, 1.82) is 0 Å². The van der Waals surface area contributed by atoms with Crippen molar-refractivity contribution in [2.45, 2.75) is 20.4 Å². The Bertz CT molecular complexity index is 1300. The van der Waals surface area contributed by atoms with Gasteiger partial charge in [-0.1, -0.05) is 24.3 Å². The highest BCUT2D eigenvalue weighted by molar-refractivity contribution is 6.13. The molecule has 0 atom stereocenters. The lowest BCUT2D eigenvalue weighted by atomic mass is 10.1. The molecule has 31 heavy (non-hydrogen) atoms. The molecule has 0 aliphatic heterocycles. The van der Waals surface area contributed by atoms with Crippen LogP contribution in [0.1, 0.15) is 27.3 Å². The SMILES string of the molecule is COc1cc(C(=O)Nc2c(C)nn(Cc3ccc(F)c(F)c3)c2C)c2ccccc2n1. The number of anilines is 1. The summed E-state index contributed by atoms with van der Waals surface area (Å²) < 4.78 is 33.6. The summed E-state index contributed by atoms with van der Waals surface area (Å²) in [4.78, 5) is 17.5. The molecule has 0 aliphatic rings. The number of nitrogens with zero attached hydrogens (tertiary/aromatic N) is 3. The third-order valence-corrected chi connectivity index (χ3v) is 5.08. The van der Waals surface area contributed by atoms with E-state index in [2.05, 4.69) is 15.4 Å². The third kappa shape index (κ3) is 3.96. The van der Waals surface area contributed by atoms with E-state index in [1.165, 1.54) is 13.2 Å². The number of para-hydroxylation sites is 1. The number of methoxy groups -OCH3 is 1. The summed E-state index contributed by atoms with van der Waals surface area (Å²) in [6.45, 7) is 3.82. The number of pyridine rings is 1. The van der Waals surface area contributed by atoms with Crippen molar-refractivity contribution in [2.75, 3.05) is 12.4 Å². The minimum atomic E-state index is -0.911. The lowest BCUT2D eigenvalue weighted by molar-refractivity contribution is 0.102. The van der Waals surface area contributed by atoms with Crippen LogP contribution < -0.4 is 10.1 Å². The summed E-state index contributed by atoms with van der Waals surface area (Å²) in [5, 5.41) is 8.07. The average Bonchev–Trinajstić information content (AvgIpc) is 3.02. The monoisotopic (exact) mass is 422 g/mol. The van der Waals surface area contributed by atoms with Gasteiger partial charge < -0.3 is 10.1 Å². The lowest BCUT2D eigenvalue weighted by Gasteiger charge is -2.10. The number of aryl methyl sites for hydroxylation is 1. The van der Waals surface area contributed by atoms with Gasteiger partial charge in [-0.25, -0.2) is 13.8 Å². The van der Waals surface area contributed by atoms with Crippen molar-refractivity contribution in [3.05, 3.63) is 82.7 Å². The molecular weight excluding hydrogens is 402 g/mol. The van der Waals surface area contributed by atoms with E-state index in [0.717, 1.165) is 12.1 Å². The molecule has 0 unspecified atom stereocenters. The summed E-state index contributed by atoms with van der Waals surface area (Å²) in [7, 11) is 1.50. The summed E-state index contributed by atoms with van der Waals surface area (Å²) in [6, 6.07) is 12.6. The van der Waals surface area contributed by atoms with Crippen LogP contribution in [0.15, 0.2) is 48.5 Å². The van der Waals surface area contributed by atoms with Gasteiger partial charge >= 0.3 is 0 Å². The normalized spacial score (nSPS) is 11.0. The minimum absolute atomic E-state index is 0.242. The van der Waals surface area contributed by atoms with Crippen molar-refractivity contribution in [2.24, 2.45) is 0 Å². The summed E-state index contributed by atoms with van der Waals surface area (Å²) in [5.74, 6) is -1.79. The number of carbonyl (C=O) groups is 1. The Kier molecular flexibility index (Phi) is 5.37. The molecule has 2 heterocycles. The molecule has 0 bridgehead atoms. The molecule has 0 spiro atoms. The number of nitrogens with one attached hydrogen (secondary N) is 1. The largest absolute Gasteiger partial charge is 0.481 e. The maximum absolute atomic E-state index is 13.5. The van der Waals surface area contributed by atoms with E-state index in [0.29, 0.717) is 45.0 Å². The number of carbonyl (C=O) groups excluding carboxylic acids is 1. The number of halogens is 2. The first-order valence-corrected chi connectivity index (χ1v) is 9.60. The van der Waals surface area contributed by atoms with Gasteiger partial charge in [0.25, 0.3) is 5.91 Å². The summed E-state index contributed by atoms with van der Waals surface area (Å²) >= 11 is 0. The van der Waals surface area contributed by atoms with Gasteiger partial charge in [0.2, 0.25) is 5.88 Å². The molecule has 4 aromatic rings. The molecule has 0 saturated heterocycles. The molecular formula is C23H20F2N4O2. The fraction of sp³-hybridized carbons (Fsp3) is 0.174. The number of fused-ring (bicyclic) bond motifs is 1. The van der Waals surface area contributed by atoms with Gasteiger partial charge in [-0.2, -0.15) is 5.10 Å². The molecule has 158 valence electrons. The fourth-order valence-corrected chi connectivity index (χ4v) is 3.47. The predicted molar refractivity (Wildman–Crippen MR) is 113 cm³/mol. The molecule has 2 aromatic heterocycles. The van der Waals surface area contributed by atoms with Crippen LogP contribution in [-0.4, -0.2) is 27.8 Å². The Morgan fingerprint density at radius 3 is 2.61 bits per heavy atom. The number of hydrogen-bond donors (Lipinski definition) is 1. The smallest absolute Gasteiger partial charge is 0.256 e. The first-order chi connectivity index (χ1) is 14.9. The Morgan fingerprint density at radius 1 is 1.10 bits per heavy atom.